The number of amides is 3. The molecule has 38 heavy (non-hydrogen) atoms. The van der Waals surface area contributed by atoms with E-state index in [2.05, 4.69) is 18.5 Å². The quantitative estimate of drug-likeness (QED) is 0.127. The molecule has 1 aromatic carbocycles. The van der Waals surface area contributed by atoms with Crippen molar-refractivity contribution in [3.8, 4) is 0 Å². The van der Waals surface area contributed by atoms with Crippen LogP contribution < -0.4 is 10.2 Å². The van der Waals surface area contributed by atoms with E-state index in [0.717, 1.165) is 4.90 Å². The van der Waals surface area contributed by atoms with Gasteiger partial charge in [0.15, 0.2) is 11.5 Å². The number of hydrogen-bond donors (Lipinski definition) is 1. The Morgan fingerprint density at radius 3 is 2.66 bits per heavy atom. The number of ether oxygens (including phenoxy) is 3. The molecule has 0 bridgehead atoms. The first-order valence-electron chi connectivity index (χ1n) is 11.6. The lowest BCUT2D eigenvalue weighted by Crippen LogP contribution is -2.73. The molecule has 13 heteroatoms. The molecule has 3 heterocycles. The third-order valence-corrected chi connectivity index (χ3v) is 6.02. The standard InChI is InChI=1S/C25H24N4O9/c1-3-10-36-24(32)21-19(38-14-18-20(23(31)28(18)21)26-25(33)37-11-4-2)12-15-8-9-27(22(15)30)16-6-5-7-17(13-16)29(34)35/h3-7,12-13,18,20H,1-2,8-11,14H2,(H,26,33)/t18-,20+/m1/s1. The smallest absolute Gasteiger partial charge is 0.408 e. The highest BCUT2D eigenvalue weighted by atomic mass is 16.6. The molecule has 0 saturated carbocycles. The lowest BCUT2D eigenvalue weighted by Gasteiger charge is -2.49. The van der Waals surface area contributed by atoms with Gasteiger partial charge in [0, 0.05) is 24.3 Å². The zero-order chi connectivity index (χ0) is 27.4. The van der Waals surface area contributed by atoms with Crippen LogP contribution in [0, 0.1) is 10.1 Å². The molecule has 0 spiro atoms. The lowest BCUT2D eigenvalue weighted by atomic mass is 9.92. The zero-order valence-corrected chi connectivity index (χ0v) is 20.2. The Hall–Kier alpha value is -4.94. The van der Waals surface area contributed by atoms with E-state index in [0.29, 0.717) is 5.69 Å². The van der Waals surface area contributed by atoms with Crippen LogP contribution in [-0.2, 0) is 28.6 Å². The molecule has 2 atom stereocenters. The second-order valence-electron chi connectivity index (χ2n) is 8.35. The highest BCUT2D eigenvalue weighted by Crippen LogP contribution is 2.35. The molecule has 4 rings (SSSR count). The van der Waals surface area contributed by atoms with Crippen molar-refractivity contribution in [1.29, 1.82) is 0 Å². The van der Waals surface area contributed by atoms with Crippen LogP contribution in [0.3, 0.4) is 0 Å². The predicted molar refractivity (Wildman–Crippen MR) is 131 cm³/mol. The van der Waals surface area contributed by atoms with Gasteiger partial charge in [0.1, 0.15) is 31.9 Å². The molecule has 2 saturated heterocycles. The maximum atomic E-state index is 13.1. The average molecular weight is 524 g/mol. The monoisotopic (exact) mass is 524 g/mol. The van der Waals surface area contributed by atoms with Gasteiger partial charge in [0.25, 0.3) is 17.5 Å². The fraction of sp³-hybridized carbons (Fsp3) is 0.280. The van der Waals surface area contributed by atoms with Crippen molar-refractivity contribution in [2.45, 2.75) is 18.5 Å². The maximum Gasteiger partial charge on any atom is 0.408 e. The summed E-state index contributed by atoms with van der Waals surface area (Å²) in [6, 6.07) is 4.00. The van der Waals surface area contributed by atoms with Gasteiger partial charge in [-0.15, -0.1) is 0 Å². The Labute approximate surface area is 216 Å². The zero-order valence-electron chi connectivity index (χ0n) is 20.2. The van der Waals surface area contributed by atoms with Gasteiger partial charge in [-0.1, -0.05) is 31.4 Å². The summed E-state index contributed by atoms with van der Waals surface area (Å²) in [6.45, 7) is 6.94. The van der Waals surface area contributed by atoms with Crippen LogP contribution in [0.1, 0.15) is 6.42 Å². The summed E-state index contributed by atoms with van der Waals surface area (Å²) in [5, 5.41) is 13.6. The number of alkyl carbamates (subject to hydrolysis) is 1. The number of esters is 1. The molecule has 2 fully saturated rings. The Bertz CT molecular complexity index is 1290. The molecule has 1 N–H and O–H groups in total. The maximum absolute atomic E-state index is 13.1. The van der Waals surface area contributed by atoms with Gasteiger partial charge in [0.2, 0.25) is 0 Å². The second kappa shape index (κ2) is 11.0. The number of carbonyl (C=O) groups is 4. The summed E-state index contributed by atoms with van der Waals surface area (Å²) in [6.07, 6.45) is 3.53. The minimum atomic E-state index is -0.985. The van der Waals surface area contributed by atoms with Crippen LogP contribution in [-0.4, -0.2) is 72.1 Å². The van der Waals surface area contributed by atoms with Crippen molar-refractivity contribution in [3.05, 3.63) is 82.8 Å². The second-order valence-corrected chi connectivity index (χ2v) is 8.35. The first-order chi connectivity index (χ1) is 18.3. The van der Waals surface area contributed by atoms with Crippen LogP contribution in [0.4, 0.5) is 16.2 Å². The molecule has 3 amide bonds. The fourth-order valence-corrected chi connectivity index (χ4v) is 4.25. The third-order valence-electron chi connectivity index (χ3n) is 6.02. The van der Waals surface area contributed by atoms with E-state index in [-0.39, 0.29) is 55.5 Å². The number of nitro groups is 1. The van der Waals surface area contributed by atoms with Crippen molar-refractivity contribution in [3.63, 3.8) is 0 Å². The van der Waals surface area contributed by atoms with Crippen LogP contribution in [0.2, 0.25) is 0 Å². The highest BCUT2D eigenvalue weighted by molar-refractivity contribution is 6.09. The number of β-lactam (4-membered cyclic amide) rings is 1. The van der Waals surface area contributed by atoms with Crippen LogP contribution >= 0.6 is 0 Å². The molecule has 0 unspecified atom stereocenters. The summed E-state index contributed by atoms with van der Waals surface area (Å²) >= 11 is 0. The number of carbonyl (C=O) groups excluding carboxylic acids is 4. The van der Waals surface area contributed by atoms with Crippen molar-refractivity contribution in [1.82, 2.24) is 10.2 Å². The molecular formula is C25H24N4O9. The number of rotatable bonds is 9. The van der Waals surface area contributed by atoms with Crippen molar-refractivity contribution < 1.29 is 38.3 Å². The van der Waals surface area contributed by atoms with E-state index in [1.807, 2.05) is 0 Å². The molecule has 3 aliphatic heterocycles. The van der Waals surface area contributed by atoms with E-state index in [9.17, 15) is 29.3 Å². The SMILES string of the molecule is C=CCOC(=O)N[C@@H]1C(=O)N2C(C(=O)OCC=C)=C(C=C3CCN(c4cccc([N+](=O)[O-])c4)C3=O)OC[C@H]12. The van der Waals surface area contributed by atoms with Crippen molar-refractivity contribution in [2.24, 2.45) is 0 Å². The Kier molecular flexibility index (Phi) is 7.55. The largest absolute Gasteiger partial charge is 0.489 e. The molecule has 0 aromatic heterocycles. The molecule has 3 aliphatic rings. The molecule has 13 nitrogen and oxygen atoms in total. The highest BCUT2D eigenvalue weighted by Gasteiger charge is 2.55. The summed E-state index contributed by atoms with van der Waals surface area (Å²) in [4.78, 5) is 64.0. The van der Waals surface area contributed by atoms with Crippen LogP contribution in [0.15, 0.2) is 72.7 Å². The van der Waals surface area contributed by atoms with Gasteiger partial charge in [-0.3, -0.25) is 24.6 Å². The minimum absolute atomic E-state index is 0.0411. The first kappa shape index (κ1) is 26.1. The van der Waals surface area contributed by atoms with Gasteiger partial charge in [-0.2, -0.15) is 0 Å². The topological polar surface area (TPSA) is 158 Å². The lowest BCUT2D eigenvalue weighted by molar-refractivity contribution is -0.384. The molecule has 0 radical (unpaired) electrons. The summed E-state index contributed by atoms with van der Waals surface area (Å²) in [5.74, 6) is -1.92. The van der Waals surface area contributed by atoms with Crippen LogP contribution in [0.25, 0.3) is 0 Å². The number of nitrogens with zero attached hydrogens (tertiary/aromatic N) is 3. The average Bonchev–Trinajstić information content (AvgIpc) is 3.28. The fourth-order valence-electron chi connectivity index (χ4n) is 4.25. The molecule has 198 valence electrons. The van der Waals surface area contributed by atoms with Gasteiger partial charge in [0.05, 0.1) is 10.6 Å². The summed E-state index contributed by atoms with van der Waals surface area (Å²) in [7, 11) is 0. The summed E-state index contributed by atoms with van der Waals surface area (Å²) < 4.78 is 15.8. The summed E-state index contributed by atoms with van der Waals surface area (Å²) in [5.41, 5.74) is 0.263. The van der Waals surface area contributed by atoms with E-state index >= 15 is 0 Å². The number of non-ortho nitro benzene ring substituents is 1. The van der Waals surface area contributed by atoms with Gasteiger partial charge in [-0.25, -0.2) is 9.59 Å². The molecule has 1 aromatic rings. The minimum Gasteiger partial charge on any atom is -0.489 e. The number of nitrogens with one attached hydrogen (secondary N) is 1. The van der Waals surface area contributed by atoms with E-state index in [1.165, 1.54) is 41.3 Å². The Morgan fingerprint density at radius 1 is 1.21 bits per heavy atom. The van der Waals surface area contributed by atoms with Gasteiger partial charge >= 0.3 is 12.1 Å². The number of benzene rings is 1. The Morgan fingerprint density at radius 2 is 1.95 bits per heavy atom. The number of allylic oxidation sites excluding steroid dienone is 1. The number of hydrogen-bond acceptors (Lipinski definition) is 9. The van der Waals surface area contributed by atoms with Crippen molar-refractivity contribution in [2.75, 3.05) is 31.3 Å². The third kappa shape index (κ3) is 4.98. The number of anilines is 1. The number of nitro benzene ring substituents is 1. The van der Waals surface area contributed by atoms with Crippen molar-refractivity contribution >= 4 is 35.3 Å². The van der Waals surface area contributed by atoms with Crippen LogP contribution in [0.5, 0.6) is 0 Å². The van der Waals surface area contributed by atoms with E-state index in [1.54, 1.807) is 6.07 Å². The number of fused-ring (bicyclic) bond motifs is 1. The van der Waals surface area contributed by atoms with E-state index < -0.39 is 40.9 Å². The Balaban J connectivity index is 1.60. The van der Waals surface area contributed by atoms with Gasteiger partial charge < -0.3 is 24.4 Å². The predicted octanol–water partition coefficient (Wildman–Crippen LogP) is 1.72. The normalized spacial score (nSPS) is 21.3. The van der Waals surface area contributed by atoms with Gasteiger partial charge in [-0.05, 0) is 18.6 Å². The first-order valence-corrected chi connectivity index (χ1v) is 11.6. The van der Waals surface area contributed by atoms with E-state index in [4.69, 9.17) is 14.2 Å². The molecule has 0 aliphatic carbocycles. The molecular weight excluding hydrogens is 500 g/mol.